The lowest BCUT2D eigenvalue weighted by Crippen LogP contribution is -2.21. The number of fused-ring (bicyclic) bond motifs is 1. The van der Waals surface area contributed by atoms with Crippen LogP contribution in [0.5, 0.6) is 0 Å². The number of pyridine rings is 1. The smallest absolute Gasteiger partial charge is 0.0705 e. The first kappa shape index (κ1) is 15.7. The molecule has 2 nitrogen and oxygen atoms in total. The van der Waals surface area contributed by atoms with E-state index in [1.165, 1.54) is 29.4 Å². The molecule has 1 unspecified atom stereocenters. The third-order valence-electron chi connectivity index (χ3n) is 4.02. The molecule has 0 saturated heterocycles. The fourth-order valence-electron chi connectivity index (χ4n) is 2.69. The van der Waals surface area contributed by atoms with Crippen LogP contribution in [0.15, 0.2) is 43.1 Å². The number of nitrogens with zero attached hydrogens (tertiary/aromatic N) is 1. The van der Waals surface area contributed by atoms with Gasteiger partial charge in [-0.15, -0.1) is 6.58 Å². The van der Waals surface area contributed by atoms with Crippen molar-refractivity contribution in [2.24, 2.45) is 5.92 Å². The van der Waals surface area contributed by atoms with Crippen molar-refractivity contribution in [2.75, 3.05) is 6.54 Å². The molecule has 0 bridgehead atoms. The van der Waals surface area contributed by atoms with Crippen LogP contribution in [0.2, 0.25) is 0 Å². The molecule has 0 aliphatic heterocycles. The molecule has 2 aromatic rings. The van der Waals surface area contributed by atoms with Gasteiger partial charge in [0.15, 0.2) is 0 Å². The summed E-state index contributed by atoms with van der Waals surface area (Å²) in [6.07, 6.45) is 7.44. The summed E-state index contributed by atoms with van der Waals surface area (Å²) in [7, 11) is 0. The molecule has 2 heteroatoms. The number of benzene rings is 1. The topological polar surface area (TPSA) is 24.9 Å². The maximum atomic E-state index is 4.46. The van der Waals surface area contributed by atoms with Crippen molar-refractivity contribution in [2.45, 2.75) is 39.7 Å². The van der Waals surface area contributed by atoms with E-state index in [2.05, 4.69) is 61.1 Å². The minimum Gasteiger partial charge on any atom is -0.312 e. The molecule has 1 aromatic carbocycles. The molecule has 0 spiro atoms. The van der Waals surface area contributed by atoms with Crippen molar-refractivity contribution in [3.05, 3.63) is 54.2 Å². The van der Waals surface area contributed by atoms with Gasteiger partial charge in [0, 0.05) is 24.7 Å². The van der Waals surface area contributed by atoms with Crippen LogP contribution in [0.3, 0.4) is 0 Å². The van der Waals surface area contributed by atoms with Crippen LogP contribution in [0.25, 0.3) is 10.9 Å². The third kappa shape index (κ3) is 4.15. The van der Waals surface area contributed by atoms with E-state index in [9.17, 15) is 0 Å². The van der Waals surface area contributed by atoms with Crippen molar-refractivity contribution in [3.63, 3.8) is 0 Å². The van der Waals surface area contributed by atoms with Crippen LogP contribution >= 0.6 is 0 Å². The minimum absolute atomic E-state index is 0.564. The molecule has 1 atom stereocenters. The third-order valence-corrected chi connectivity index (χ3v) is 4.02. The monoisotopic (exact) mass is 282 g/mol. The molecule has 0 radical (unpaired) electrons. The second-order valence-electron chi connectivity index (χ2n) is 5.59. The van der Waals surface area contributed by atoms with Gasteiger partial charge in [-0.2, -0.15) is 0 Å². The van der Waals surface area contributed by atoms with Crippen LogP contribution < -0.4 is 5.32 Å². The normalized spacial score (nSPS) is 12.5. The van der Waals surface area contributed by atoms with Gasteiger partial charge in [0.25, 0.3) is 0 Å². The zero-order chi connectivity index (χ0) is 15.1. The predicted octanol–water partition coefficient (Wildman–Crippen LogP) is 4.49. The first-order valence-corrected chi connectivity index (χ1v) is 7.98. The Morgan fingerprint density at radius 1 is 1.29 bits per heavy atom. The summed E-state index contributed by atoms with van der Waals surface area (Å²) in [5.74, 6) is 0.564. The average molecular weight is 282 g/mol. The molecular formula is C19H26N2. The Kier molecular flexibility index (Phi) is 5.94. The van der Waals surface area contributed by atoms with Gasteiger partial charge in [-0.25, -0.2) is 0 Å². The Morgan fingerprint density at radius 2 is 2.14 bits per heavy atom. The summed E-state index contributed by atoms with van der Waals surface area (Å²) >= 11 is 0. The first-order chi connectivity index (χ1) is 10.3. The van der Waals surface area contributed by atoms with Gasteiger partial charge in [-0.05, 0) is 48.1 Å². The van der Waals surface area contributed by atoms with Crippen molar-refractivity contribution in [1.29, 1.82) is 0 Å². The Balaban J connectivity index is 2.09. The fraction of sp³-hybridized carbons (Fsp3) is 0.421. The number of aryl methyl sites for hydroxylation is 1. The van der Waals surface area contributed by atoms with Crippen LogP contribution in [-0.2, 0) is 13.0 Å². The highest BCUT2D eigenvalue weighted by atomic mass is 14.9. The van der Waals surface area contributed by atoms with E-state index in [0.717, 1.165) is 25.0 Å². The van der Waals surface area contributed by atoms with E-state index in [4.69, 9.17) is 0 Å². The highest BCUT2D eigenvalue weighted by Crippen LogP contribution is 2.19. The maximum absolute atomic E-state index is 4.46. The Hall–Kier alpha value is -1.67. The lowest BCUT2D eigenvalue weighted by Gasteiger charge is -2.13. The molecule has 0 aliphatic rings. The van der Waals surface area contributed by atoms with E-state index in [1.807, 2.05) is 6.20 Å². The molecule has 1 N–H and O–H groups in total. The largest absolute Gasteiger partial charge is 0.312 e. The second-order valence-corrected chi connectivity index (χ2v) is 5.59. The molecule has 112 valence electrons. The van der Waals surface area contributed by atoms with Gasteiger partial charge in [0.2, 0.25) is 0 Å². The SMILES string of the molecule is C=CC(CCC)CNCc1ccnc2ccc(CC)cc12. The van der Waals surface area contributed by atoms with Crippen molar-refractivity contribution in [1.82, 2.24) is 10.3 Å². The lowest BCUT2D eigenvalue weighted by molar-refractivity contribution is 0.519. The number of aromatic nitrogens is 1. The summed E-state index contributed by atoms with van der Waals surface area (Å²) < 4.78 is 0. The Morgan fingerprint density at radius 3 is 2.86 bits per heavy atom. The zero-order valence-corrected chi connectivity index (χ0v) is 13.2. The lowest BCUT2D eigenvalue weighted by atomic mass is 10.0. The van der Waals surface area contributed by atoms with Crippen molar-refractivity contribution >= 4 is 10.9 Å². The fourth-order valence-corrected chi connectivity index (χ4v) is 2.69. The van der Waals surface area contributed by atoms with E-state index >= 15 is 0 Å². The molecule has 1 heterocycles. The number of rotatable bonds is 8. The summed E-state index contributed by atoms with van der Waals surface area (Å²) in [5, 5.41) is 4.84. The summed E-state index contributed by atoms with van der Waals surface area (Å²) in [4.78, 5) is 4.46. The molecule has 2 rings (SSSR count). The number of nitrogens with one attached hydrogen (secondary N) is 1. The Bertz CT molecular complexity index is 589. The molecule has 0 aliphatic carbocycles. The summed E-state index contributed by atoms with van der Waals surface area (Å²) in [6.45, 7) is 10.2. The van der Waals surface area contributed by atoms with Gasteiger partial charge in [-0.1, -0.05) is 32.4 Å². The van der Waals surface area contributed by atoms with Crippen molar-refractivity contribution in [3.8, 4) is 0 Å². The van der Waals surface area contributed by atoms with Crippen LogP contribution in [0.4, 0.5) is 0 Å². The van der Waals surface area contributed by atoms with Gasteiger partial charge < -0.3 is 5.32 Å². The van der Waals surface area contributed by atoms with Gasteiger partial charge >= 0.3 is 0 Å². The minimum atomic E-state index is 0.564. The van der Waals surface area contributed by atoms with Gasteiger partial charge in [-0.3, -0.25) is 4.98 Å². The van der Waals surface area contributed by atoms with Crippen LogP contribution in [-0.4, -0.2) is 11.5 Å². The van der Waals surface area contributed by atoms with E-state index in [0.29, 0.717) is 5.92 Å². The molecule has 0 amide bonds. The van der Waals surface area contributed by atoms with Gasteiger partial charge in [0.1, 0.15) is 0 Å². The molecule has 21 heavy (non-hydrogen) atoms. The van der Waals surface area contributed by atoms with Crippen LogP contribution in [0, 0.1) is 5.92 Å². The average Bonchev–Trinajstić information content (AvgIpc) is 2.53. The maximum Gasteiger partial charge on any atom is 0.0705 e. The number of hydrogen-bond acceptors (Lipinski definition) is 2. The van der Waals surface area contributed by atoms with E-state index < -0.39 is 0 Å². The molecule has 0 fully saturated rings. The highest BCUT2D eigenvalue weighted by Gasteiger charge is 2.05. The second kappa shape index (κ2) is 7.94. The zero-order valence-electron chi connectivity index (χ0n) is 13.2. The quantitative estimate of drug-likeness (QED) is 0.722. The first-order valence-electron chi connectivity index (χ1n) is 7.98. The van der Waals surface area contributed by atoms with Gasteiger partial charge in [0.05, 0.1) is 5.52 Å². The highest BCUT2D eigenvalue weighted by molar-refractivity contribution is 5.82. The molecule has 0 saturated carbocycles. The van der Waals surface area contributed by atoms with Crippen LogP contribution in [0.1, 0.15) is 37.8 Å². The van der Waals surface area contributed by atoms with Crippen molar-refractivity contribution < 1.29 is 0 Å². The summed E-state index contributed by atoms with van der Waals surface area (Å²) in [5.41, 5.74) is 3.78. The van der Waals surface area contributed by atoms with E-state index in [-0.39, 0.29) is 0 Å². The van der Waals surface area contributed by atoms with E-state index in [1.54, 1.807) is 0 Å². The predicted molar refractivity (Wildman–Crippen MR) is 91.4 cm³/mol. The standard InChI is InChI=1S/C19H26N2/c1-4-7-16(6-3)13-20-14-17-10-11-21-19-9-8-15(5-2)12-18(17)19/h6,8-12,16,20H,3-5,7,13-14H2,1-2H3. The number of hydrogen-bond donors (Lipinski definition) is 1. The molecule has 1 aromatic heterocycles. The Labute approximate surface area is 128 Å². The summed E-state index contributed by atoms with van der Waals surface area (Å²) in [6, 6.07) is 8.69. The molecular weight excluding hydrogens is 256 g/mol.